The van der Waals surface area contributed by atoms with Crippen LogP contribution in [0.25, 0.3) is 0 Å². The Morgan fingerprint density at radius 1 is 1.30 bits per heavy atom. The minimum atomic E-state index is 0.0432. The van der Waals surface area contributed by atoms with Crippen LogP contribution in [0.1, 0.15) is 64.5 Å². The van der Waals surface area contributed by atoms with Crippen molar-refractivity contribution >= 4 is 5.82 Å². The van der Waals surface area contributed by atoms with Gasteiger partial charge >= 0.3 is 0 Å². The Labute approximate surface area is 123 Å². The van der Waals surface area contributed by atoms with E-state index in [4.69, 9.17) is 5.73 Å². The number of rotatable bonds is 6. The Morgan fingerprint density at radius 3 is 2.60 bits per heavy atom. The number of pyridine rings is 1. The molecule has 1 aliphatic rings. The molecule has 1 aromatic rings. The fourth-order valence-electron chi connectivity index (χ4n) is 3.08. The van der Waals surface area contributed by atoms with Gasteiger partial charge in [-0.05, 0) is 38.2 Å². The van der Waals surface area contributed by atoms with Gasteiger partial charge in [0, 0.05) is 30.4 Å². The molecule has 0 bridgehead atoms. The average Bonchev–Trinajstić information content (AvgIpc) is 2.93. The predicted molar refractivity (Wildman–Crippen MR) is 85.9 cm³/mol. The van der Waals surface area contributed by atoms with Gasteiger partial charge in [-0.1, -0.05) is 32.8 Å². The van der Waals surface area contributed by atoms with Gasteiger partial charge in [-0.15, -0.1) is 0 Å². The molecule has 1 heterocycles. The molecular weight excluding hydrogens is 246 g/mol. The highest BCUT2D eigenvalue weighted by Gasteiger charge is 2.25. The quantitative estimate of drug-likeness (QED) is 0.856. The lowest BCUT2D eigenvalue weighted by atomic mass is 10.1. The maximum absolute atomic E-state index is 6.14. The van der Waals surface area contributed by atoms with Gasteiger partial charge in [-0.3, -0.25) is 0 Å². The standard InChI is InChI=1S/C17H29N3/c1-13(2)10-12-20(15-7-4-5-8-15)17-16(14(3)18)9-6-11-19-17/h6,9,11,13-15H,4-5,7-8,10,12,18H2,1-3H3/t14-/m0/s1. The molecule has 0 aliphatic heterocycles. The smallest absolute Gasteiger partial charge is 0.133 e. The summed E-state index contributed by atoms with van der Waals surface area (Å²) >= 11 is 0. The first-order chi connectivity index (χ1) is 9.59. The minimum absolute atomic E-state index is 0.0432. The number of hydrogen-bond acceptors (Lipinski definition) is 3. The highest BCUT2D eigenvalue weighted by atomic mass is 15.2. The van der Waals surface area contributed by atoms with Crippen LogP contribution >= 0.6 is 0 Å². The van der Waals surface area contributed by atoms with E-state index >= 15 is 0 Å². The van der Waals surface area contributed by atoms with Crippen LogP contribution in [0.2, 0.25) is 0 Å². The van der Waals surface area contributed by atoms with Crippen LogP contribution in [0.4, 0.5) is 5.82 Å². The van der Waals surface area contributed by atoms with E-state index in [9.17, 15) is 0 Å². The molecule has 20 heavy (non-hydrogen) atoms. The molecule has 0 spiro atoms. The molecule has 0 amide bonds. The Morgan fingerprint density at radius 2 is 2.00 bits per heavy atom. The second kappa shape index (κ2) is 7.07. The van der Waals surface area contributed by atoms with Crippen LogP contribution < -0.4 is 10.6 Å². The zero-order chi connectivity index (χ0) is 14.5. The maximum Gasteiger partial charge on any atom is 0.133 e. The molecule has 1 fully saturated rings. The van der Waals surface area contributed by atoms with E-state index in [2.05, 4.69) is 36.7 Å². The Kier molecular flexibility index (Phi) is 5.41. The molecule has 1 aliphatic carbocycles. The zero-order valence-electron chi connectivity index (χ0n) is 13.2. The van der Waals surface area contributed by atoms with Crippen molar-refractivity contribution in [1.29, 1.82) is 0 Å². The molecular formula is C17H29N3. The van der Waals surface area contributed by atoms with Crippen LogP contribution in [0, 0.1) is 5.92 Å². The maximum atomic E-state index is 6.14. The van der Waals surface area contributed by atoms with Gasteiger partial charge in [0.15, 0.2) is 0 Å². The summed E-state index contributed by atoms with van der Waals surface area (Å²) in [6, 6.07) is 4.82. The summed E-state index contributed by atoms with van der Waals surface area (Å²) in [5.41, 5.74) is 7.32. The molecule has 0 aromatic carbocycles. The molecule has 1 atom stereocenters. The number of nitrogens with zero attached hydrogens (tertiary/aromatic N) is 2. The summed E-state index contributed by atoms with van der Waals surface area (Å²) in [6.07, 6.45) is 8.41. The minimum Gasteiger partial charge on any atom is -0.353 e. The van der Waals surface area contributed by atoms with Gasteiger partial charge in [0.2, 0.25) is 0 Å². The number of anilines is 1. The molecule has 3 nitrogen and oxygen atoms in total. The van der Waals surface area contributed by atoms with Crippen molar-refractivity contribution in [2.24, 2.45) is 11.7 Å². The first-order valence-corrected chi connectivity index (χ1v) is 8.06. The van der Waals surface area contributed by atoms with Crippen LogP contribution in [-0.4, -0.2) is 17.6 Å². The van der Waals surface area contributed by atoms with Gasteiger partial charge in [-0.2, -0.15) is 0 Å². The lowest BCUT2D eigenvalue weighted by Gasteiger charge is -2.33. The Hall–Kier alpha value is -1.09. The van der Waals surface area contributed by atoms with E-state index in [0.717, 1.165) is 18.3 Å². The highest BCUT2D eigenvalue weighted by Crippen LogP contribution is 2.31. The van der Waals surface area contributed by atoms with Crippen molar-refractivity contribution in [3.63, 3.8) is 0 Å². The lowest BCUT2D eigenvalue weighted by molar-refractivity contribution is 0.522. The summed E-state index contributed by atoms with van der Waals surface area (Å²) in [7, 11) is 0. The van der Waals surface area contributed by atoms with E-state index in [-0.39, 0.29) is 6.04 Å². The fraction of sp³-hybridized carbons (Fsp3) is 0.706. The monoisotopic (exact) mass is 275 g/mol. The van der Waals surface area contributed by atoms with Gasteiger partial charge in [0.05, 0.1) is 0 Å². The van der Waals surface area contributed by atoms with Gasteiger partial charge in [0.1, 0.15) is 5.82 Å². The van der Waals surface area contributed by atoms with E-state index in [1.165, 1.54) is 37.7 Å². The highest BCUT2D eigenvalue weighted by molar-refractivity contribution is 5.49. The molecule has 1 saturated carbocycles. The van der Waals surface area contributed by atoms with Crippen LogP contribution in [0.3, 0.4) is 0 Å². The number of nitrogens with two attached hydrogens (primary N) is 1. The third kappa shape index (κ3) is 3.72. The molecule has 0 radical (unpaired) electrons. The van der Waals surface area contributed by atoms with Crippen molar-refractivity contribution in [2.75, 3.05) is 11.4 Å². The van der Waals surface area contributed by atoms with Gasteiger partial charge in [0.25, 0.3) is 0 Å². The molecule has 112 valence electrons. The third-order valence-electron chi connectivity index (χ3n) is 4.29. The van der Waals surface area contributed by atoms with E-state index in [1.807, 2.05) is 12.3 Å². The van der Waals surface area contributed by atoms with E-state index in [1.54, 1.807) is 0 Å². The first kappa shape index (κ1) is 15.3. The summed E-state index contributed by atoms with van der Waals surface area (Å²) < 4.78 is 0. The Balaban J connectivity index is 2.25. The largest absolute Gasteiger partial charge is 0.353 e. The van der Waals surface area contributed by atoms with Crippen molar-refractivity contribution in [2.45, 2.75) is 65.0 Å². The second-order valence-electron chi connectivity index (χ2n) is 6.52. The summed E-state index contributed by atoms with van der Waals surface area (Å²) in [6.45, 7) is 7.73. The summed E-state index contributed by atoms with van der Waals surface area (Å²) in [4.78, 5) is 7.20. The second-order valence-corrected chi connectivity index (χ2v) is 6.52. The van der Waals surface area contributed by atoms with Gasteiger partial charge in [-0.25, -0.2) is 4.98 Å². The van der Waals surface area contributed by atoms with Crippen molar-refractivity contribution < 1.29 is 0 Å². The molecule has 2 rings (SSSR count). The third-order valence-corrected chi connectivity index (χ3v) is 4.29. The first-order valence-electron chi connectivity index (χ1n) is 8.06. The molecule has 0 saturated heterocycles. The molecule has 1 aromatic heterocycles. The number of aromatic nitrogens is 1. The molecule has 3 heteroatoms. The number of hydrogen-bond donors (Lipinski definition) is 1. The van der Waals surface area contributed by atoms with E-state index < -0.39 is 0 Å². The fourth-order valence-corrected chi connectivity index (χ4v) is 3.08. The zero-order valence-corrected chi connectivity index (χ0v) is 13.2. The van der Waals surface area contributed by atoms with Crippen molar-refractivity contribution in [3.05, 3.63) is 23.9 Å². The average molecular weight is 275 g/mol. The van der Waals surface area contributed by atoms with Crippen molar-refractivity contribution in [3.8, 4) is 0 Å². The Bertz CT molecular complexity index is 408. The summed E-state index contributed by atoms with van der Waals surface area (Å²) in [5, 5.41) is 0. The van der Waals surface area contributed by atoms with Crippen LogP contribution in [0.15, 0.2) is 18.3 Å². The van der Waals surface area contributed by atoms with E-state index in [0.29, 0.717) is 6.04 Å². The molecule has 0 unspecified atom stereocenters. The summed E-state index contributed by atoms with van der Waals surface area (Å²) in [5.74, 6) is 1.84. The molecule has 2 N–H and O–H groups in total. The normalized spacial score (nSPS) is 17.6. The lowest BCUT2D eigenvalue weighted by Crippen LogP contribution is -2.36. The topological polar surface area (TPSA) is 42.2 Å². The van der Waals surface area contributed by atoms with Crippen LogP contribution in [-0.2, 0) is 0 Å². The predicted octanol–water partition coefficient (Wildman–Crippen LogP) is 3.90. The van der Waals surface area contributed by atoms with Crippen LogP contribution in [0.5, 0.6) is 0 Å². The van der Waals surface area contributed by atoms with Crippen molar-refractivity contribution in [1.82, 2.24) is 4.98 Å². The SMILES string of the molecule is CC(C)CCN(c1ncccc1[C@H](C)N)C1CCCC1. The van der Waals surface area contributed by atoms with Gasteiger partial charge < -0.3 is 10.6 Å².